The third-order valence-electron chi connectivity index (χ3n) is 14.9. The second-order valence-corrected chi connectivity index (χ2v) is 19.8. The first-order chi connectivity index (χ1) is 32.7. The van der Waals surface area contributed by atoms with Crippen LogP contribution in [0.3, 0.4) is 0 Å². The summed E-state index contributed by atoms with van der Waals surface area (Å²) in [6, 6.07) is 4.58. The topological polar surface area (TPSA) is 318 Å². The maximum absolute atomic E-state index is 14.0. The van der Waals surface area contributed by atoms with Gasteiger partial charge in [-0.2, -0.15) is 0 Å². The van der Waals surface area contributed by atoms with E-state index in [2.05, 4.69) is 0 Å². The molecule has 2 aromatic rings. The number of aromatic hydroxyl groups is 1. The van der Waals surface area contributed by atoms with Crippen LogP contribution in [0.1, 0.15) is 54.9 Å². The number of primary amides is 2. The molecule has 8 rings (SSSR count). The molecule has 0 heterocycles. The van der Waals surface area contributed by atoms with Crippen LogP contribution in [-0.2, 0) is 41.6 Å². The van der Waals surface area contributed by atoms with Gasteiger partial charge in [0.15, 0.2) is 22.8 Å². The van der Waals surface area contributed by atoms with Gasteiger partial charge in [0, 0.05) is 62.5 Å². The molecule has 376 valence electrons. The van der Waals surface area contributed by atoms with E-state index in [0.717, 1.165) is 29.8 Å². The van der Waals surface area contributed by atoms with Gasteiger partial charge in [0.1, 0.15) is 45.7 Å². The van der Waals surface area contributed by atoms with Crippen molar-refractivity contribution in [1.82, 2.24) is 9.80 Å². The van der Waals surface area contributed by atoms with E-state index in [1.807, 2.05) is 51.0 Å². The van der Waals surface area contributed by atoms with Crippen LogP contribution in [0.4, 0.5) is 11.4 Å². The zero-order valence-corrected chi connectivity index (χ0v) is 40.7. The largest absolute Gasteiger partial charge is 0.508 e. The summed E-state index contributed by atoms with van der Waals surface area (Å²) in [5.74, 6) is -12.0. The summed E-state index contributed by atoms with van der Waals surface area (Å²) in [6.07, 6.45) is 2.51. The first-order valence-corrected chi connectivity index (χ1v) is 23.0. The fourth-order valence-electron chi connectivity index (χ4n) is 11.7. The lowest BCUT2D eigenvalue weighted by molar-refractivity contribution is -0.155. The van der Waals surface area contributed by atoms with E-state index < -0.39 is 110 Å². The van der Waals surface area contributed by atoms with Crippen molar-refractivity contribution >= 4 is 57.8 Å². The van der Waals surface area contributed by atoms with Gasteiger partial charge < -0.3 is 61.7 Å². The SMILES string of the molecule is CCCCOc1ccc(N(C)C)c2c1C(O)=C1C(=O)[C@]3(O)C(O)=C(C(N)=O)C(=O)[C@@H](N(C)C)[C@@H]3C[C@@H]1C2.CN(C)c1ccc(O)c2c1C[C@H]1C[C@H]3[C@H](N(C)C)C(=O)C(C(N)=O)=C(O)[C@@]3(O)C(=O)C1=C2O. The summed E-state index contributed by atoms with van der Waals surface area (Å²) in [7, 11) is 13.7. The van der Waals surface area contributed by atoms with Gasteiger partial charge in [-0.25, -0.2) is 0 Å². The van der Waals surface area contributed by atoms with Crippen molar-refractivity contribution in [3.05, 3.63) is 80.3 Å². The number of fused-ring (bicyclic) bond motifs is 6. The summed E-state index contributed by atoms with van der Waals surface area (Å²) in [5, 5.41) is 78.1. The minimum Gasteiger partial charge on any atom is -0.508 e. The highest BCUT2D eigenvalue weighted by atomic mass is 16.5. The molecule has 0 aromatic heterocycles. The van der Waals surface area contributed by atoms with E-state index in [0.29, 0.717) is 29.9 Å². The molecule has 0 spiro atoms. The van der Waals surface area contributed by atoms with Gasteiger partial charge in [0.25, 0.3) is 11.8 Å². The van der Waals surface area contributed by atoms with Crippen molar-refractivity contribution in [2.75, 3.05) is 72.8 Å². The third kappa shape index (κ3) is 7.50. The number of anilines is 2. The van der Waals surface area contributed by atoms with E-state index >= 15 is 0 Å². The lowest BCUT2D eigenvalue weighted by Gasteiger charge is -2.50. The second kappa shape index (κ2) is 18.2. The first kappa shape index (κ1) is 51.1. The average molecular weight is 971 g/mol. The van der Waals surface area contributed by atoms with Gasteiger partial charge in [0.05, 0.1) is 29.8 Å². The number of nitrogens with zero attached hydrogens (tertiary/aromatic N) is 4. The van der Waals surface area contributed by atoms with Gasteiger partial charge in [-0.3, -0.25) is 38.6 Å². The Hall–Kier alpha value is -6.74. The number of hydrogen-bond donors (Lipinski definition) is 9. The standard InChI is InChI=1S/C27H35N3O7.C23H27N3O7/c1-6-7-10-37-17-9-8-16(29(2)3)14-11-13-12-15-21(30(4)5)23(32)20(26(28)35)25(34)27(15,36)24(33)18(13)22(31)19(14)17;1-25(2)12-5-6-13(27)15-10(12)7-9-8-11-17(26(3)4)19(29)16(22(24)32)21(31)23(11,33)20(30)14(9)18(15)28/h8-9,13,15,21,31,34,36H,6-7,10-12H2,1-5H3,(H2,28,35);5-6,9,11,17,27-28,31,33H,7-8H2,1-4H3,(H2,24,32)/t13-,15-,21-,27-;9-,11-,17-,23-/m00/s1. The normalized spacial score (nSPS) is 28.1. The van der Waals surface area contributed by atoms with Crippen molar-refractivity contribution < 1.29 is 69.2 Å². The molecule has 20 heteroatoms. The molecule has 2 fully saturated rings. The van der Waals surface area contributed by atoms with Gasteiger partial charge in [-0.15, -0.1) is 0 Å². The number of hydrogen-bond acceptors (Lipinski definition) is 18. The number of ether oxygens (including phenoxy) is 1. The maximum Gasteiger partial charge on any atom is 0.255 e. The number of carbonyl (C=O) groups is 6. The Balaban J connectivity index is 0.000000208. The van der Waals surface area contributed by atoms with Crippen molar-refractivity contribution in [1.29, 1.82) is 0 Å². The number of carbonyl (C=O) groups excluding carboxylic acids is 6. The van der Waals surface area contributed by atoms with Gasteiger partial charge in [-0.1, -0.05) is 13.3 Å². The van der Waals surface area contributed by atoms with Crippen LogP contribution in [0.15, 0.2) is 58.1 Å². The molecule has 0 aliphatic heterocycles. The molecule has 2 saturated carbocycles. The molecule has 0 radical (unpaired) electrons. The Morgan fingerprint density at radius 2 is 1.04 bits per heavy atom. The Labute approximate surface area is 404 Å². The molecule has 0 bridgehead atoms. The molecule has 8 atom stereocenters. The first-order valence-electron chi connectivity index (χ1n) is 23.0. The van der Waals surface area contributed by atoms with Crippen LogP contribution in [-0.4, -0.2) is 167 Å². The molecule has 70 heavy (non-hydrogen) atoms. The highest BCUT2D eigenvalue weighted by Gasteiger charge is 2.66. The van der Waals surface area contributed by atoms with E-state index in [1.165, 1.54) is 15.9 Å². The Morgan fingerprint density at radius 1 is 0.643 bits per heavy atom. The van der Waals surface area contributed by atoms with Crippen molar-refractivity contribution in [2.45, 2.75) is 68.7 Å². The molecule has 6 aliphatic carbocycles. The summed E-state index contributed by atoms with van der Waals surface area (Å²) >= 11 is 0. The molecule has 11 N–H and O–H groups in total. The lowest BCUT2D eigenvalue weighted by atomic mass is 9.57. The van der Waals surface area contributed by atoms with Crippen LogP contribution >= 0.6 is 0 Å². The van der Waals surface area contributed by atoms with Crippen molar-refractivity contribution in [3.8, 4) is 11.5 Å². The zero-order valence-electron chi connectivity index (χ0n) is 40.7. The quantitative estimate of drug-likeness (QED) is 0.120. The smallest absolute Gasteiger partial charge is 0.255 e. The predicted octanol–water partition coefficient (Wildman–Crippen LogP) is 1.53. The number of ketones is 4. The van der Waals surface area contributed by atoms with Crippen LogP contribution in [0.2, 0.25) is 0 Å². The molecule has 2 amide bonds. The van der Waals surface area contributed by atoms with Gasteiger partial charge >= 0.3 is 0 Å². The molecule has 0 unspecified atom stereocenters. The number of phenolic OH excluding ortho intramolecular Hbond substituents is 1. The monoisotopic (exact) mass is 970 g/mol. The molecular weight excluding hydrogens is 909 g/mol. The van der Waals surface area contributed by atoms with Crippen LogP contribution < -0.4 is 26.0 Å². The highest BCUT2D eigenvalue weighted by Crippen LogP contribution is 2.55. The van der Waals surface area contributed by atoms with E-state index in [9.17, 15) is 64.5 Å². The van der Waals surface area contributed by atoms with E-state index in [1.54, 1.807) is 40.3 Å². The maximum atomic E-state index is 14.0. The summed E-state index contributed by atoms with van der Waals surface area (Å²) in [6.45, 7) is 2.46. The van der Waals surface area contributed by atoms with E-state index in [4.69, 9.17) is 16.2 Å². The number of aliphatic hydroxyl groups excluding tert-OH is 4. The minimum absolute atomic E-state index is 0.0512. The fourth-order valence-corrected chi connectivity index (χ4v) is 11.7. The van der Waals surface area contributed by atoms with Crippen molar-refractivity contribution in [2.24, 2.45) is 35.1 Å². The number of likely N-dealkylation sites (N-methyl/N-ethyl adjacent to an activating group) is 2. The summed E-state index contributed by atoms with van der Waals surface area (Å²) < 4.78 is 5.97. The Kier molecular flexibility index (Phi) is 13.3. The lowest BCUT2D eigenvalue weighted by Crippen LogP contribution is -2.65. The average Bonchev–Trinajstić information content (AvgIpc) is 3.25. The van der Waals surface area contributed by atoms with Gasteiger partial charge in [-0.05, 0) is 108 Å². The number of unbranched alkanes of at least 4 members (excludes halogenated alkanes) is 1. The number of benzene rings is 2. The van der Waals surface area contributed by atoms with Gasteiger partial charge in [0.2, 0.25) is 11.6 Å². The molecule has 0 saturated heterocycles. The highest BCUT2D eigenvalue weighted by molar-refractivity contribution is 6.25. The molecule has 6 aliphatic rings. The third-order valence-corrected chi connectivity index (χ3v) is 14.9. The number of phenols is 1. The molecular formula is C50H62N6O14. The summed E-state index contributed by atoms with van der Waals surface area (Å²) in [5.41, 5.74) is 7.11. The van der Waals surface area contributed by atoms with Crippen LogP contribution in [0.25, 0.3) is 11.5 Å². The van der Waals surface area contributed by atoms with Crippen molar-refractivity contribution in [3.63, 3.8) is 0 Å². The summed E-state index contributed by atoms with van der Waals surface area (Å²) in [4.78, 5) is 84.7. The predicted molar refractivity (Wildman–Crippen MR) is 256 cm³/mol. The van der Waals surface area contributed by atoms with Crippen LogP contribution in [0.5, 0.6) is 11.5 Å². The molecule has 2 aromatic carbocycles. The Bertz CT molecular complexity index is 2770. The second-order valence-electron chi connectivity index (χ2n) is 19.8. The molecule has 20 nitrogen and oxygen atoms in total. The minimum atomic E-state index is -2.63. The van der Waals surface area contributed by atoms with E-state index in [-0.39, 0.29) is 47.5 Å². The number of nitrogens with two attached hydrogens (primary N) is 2. The number of Topliss-reactive ketones (excluding diaryl/α,β-unsaturated/α-hetero) is 4. The Morgan fingerprint density at radius 3 is 1.43 bits per heavy atom. The number of amides is 2. The number of aliphatic hydroxyl groups is 6. The fraction of sp³-hybridized carbons (Fsp3) is 0.480. The number of rotatable bonds is 10. The zero-order chi connectivity index (χ0) is 52.0. The van der Waals surface area contributed by atoms with Crippen LogP contribution in [0, 0.1) is 23.7 Å².